The minimum absolute atomic E-state index is 0.120. The number of methoxy groups -OCH3 is 1. The molecule has 1 aromatic heterocycles. The highest BCUT2D eigenvalue weighted by Gasteiger charge is 2.34. The molecular weight excluding hydrogens is 408 g/mol. The van der Waals surface area contributed by atoms with Gasteiger partial charge >= 0.3 is 0 Å². The van der Waals surface area contributed by atoms with Crippen LogP contribution in [0.15, 0.2) is 35.7 Å². The average molecular weight is 437 g/mol. The van der Waals surface area contributed by atoms with E-state index in [0.717, 1.165) is 36.1 Å². The van der Waals surface area contributed by atoms with Crippen molar-refractivity contribution in [3.05, 3.63) is 51.7 Å². The van der Waals surface area contributed by atoms with E-state index in [1.165, 1.54) is 15.4 Å². The Hall–Kier alpha value is -1.90. The van der Waals surface area contributed by atoms with E-state index < -0.39 is 10.0 Å². The monoisotopic (exact) mass is 436 g/mol. The number of benzene rings is 1. The van der Waals surface area contributed by atoms with Gasteiger partial charge in [-0.25, -0.2) is 8.42 Å². The molecule has 8 heteroatoms. The van der Waals surface area contributed by atoms with Crippen LogP contribution >= 0.6 is 11.3 Å². The number of rotatable bonds is 8. The van der Waals surface area contributed by atoms with Crippen LogP contribution in [0.3, 0.4) is 0 Å². The van der Waals surface area contributed by atoms with Crippen molar-refractivity contribution in [2.75, 3.05) is 33.0 Å². The molecule has 2 aromatic rings. The van der Waals surface area contributed by atoms with Gasteiger partial charge in [-0.2, -0.15) is 4.31 Å². The number of hydrogen-bond acceptors (Lipinski definition) is 5. The Balaban J connectivity index is 1.90. The summed E-state index contributed by atoms with van der Waals surface area (Å²) in [4.78, 5) is 16.4. The SMILES string of the molecule is CCCCN(CC(=O)N1CCc2sccc2C1c1ccc(OC)cc1)S(C)(=O)=O. The predicted octanol–water partition coefficient (Wildman–Crippen LogP) is 3.29. The number of nitrogens with zero attached hydrogens (tertiary/aromatic N) is 2. The normalized spacial score (nSPS) is 16.7. The third-order valence-electron chi connectivity index (χ3n) is 5.26. The van der Waals surface area contributed by atoms with Crippen molar-refractivity contribution in [1.29, 1.82) is 0 Å². The molecule has 29 heavy (non-hydrogen) atoms. The molecule has 2 heterocycles. The van der Waals surface area contributed by atoms with E-state index in [9.17, 15) is 13.2 Å². The molecule has 0 bridgehead atoms. The minimum atomic E-state index is -3.44. The molecule has 0 saturated heterocycles. The van der Waals surface area contributed by atoms with Gasteiger partial charge in [-0.15, -0.1) is 11.3 Å². The van der Waals surface area contributed by atoms with Gasteiger partial charge in [0.1, 0.15) is 5.75 Å². The summed E-state index contributed by atoms with van der Waals surface area (Å²) >= 11 is 1.71. The maximum Gasteiger partial charge on any atom is 0.238 e. The molecule has 158 valence electrons. The molecule has 0 fully saturated rings. The molecule has 1 atom stereocenters. The van der Waals surface area contributed by atoms with Crippen LogP contribution < -0.4 is 4.74 Å². The highest BCUT2D eigenvalue weighted by atomic mass is 32.2. The quantitative estimate of drug-likeness (QED) is 0.637. The van der Waals surface area contributed by atoms with Gasteiger partial charge < -0.3 is 9.64 Å². The van der Waals surface area contributed by atoms with Gasteiger partial charge in [-0.3, -0.25) is 4.79 Å². The molecule has 6 nitrogen and oxygen atoms in total. The molecule has 0 spiro atoms. The first-order valence-electron chi connectivity index (χ1n) is 9.80. The molecule has 0 N–H and O–H groups in total. The number of thiophene rings is 1. The van der Waals surface area contributed by atoms with Gasteiger partial charge in [0.05, 0.1) is 26.0 Å². The number of sulfonamides is 1. The first kappa shape index (κ1) is 21.8. The van der Waals surface area contributed by atoms with Crippen LogP contribution in [0.25, 0.3) is 0 Å². The van der Waals surface area contributed by atoms with Crippen LogP contribution in [0.1, 0.15) is 41.8 Å². The molecule has 0 saturated carbocycles. The van der Waals surface area contributed by atoms with Crippen LogP contribution in [0.2, 0.25) is 0 Å². The zero-order chi connectivity index (χ0) is 21.0. The molecule has 3 rings (SSSR count). The van der Waals surface area contributed by atoms with E-state index in [1.807, 2.05) is 36.1 Å². The van der Waals surface area contributed by atoms with E-state index in [0.29, 0.717) is 13.1 Å². The second-order valence-electron chi connectivity index (χ2n) is 7.26. The summed E-state index contributed by atoms with van der Waals surface area (Å²) in [6, 6.07) is 9.59. The summed E-state index contributed by atoms with van der Waals surface area (Å²) in [7, 11) is -1.82. The smallest absolute Gasteiger partial charge is 0.238 e. The second-order valence-corrected chi connectivity index (χ2v) is 10.2. The maximum atomic E-state index is 13.3. The molecule has 1 aliphatic heterocycles. The molecular formula is C21H28N2O4S2. The fourth-order valence-electron chi connectivity index (χ4n) is 3.67. The highest BCUT2D eigenvalue weighted by molar-refractivity contribution is 7.88. The number of carbonyl (C=O) groups excluding carboxylic acids is 1. The Morgan fingerprint density at radius 1 is 1.28 bits per heavy atom. The van der Waals surface area contributed by atoms with Crippen LogP contribution in [0.4, 0.5) is 0 Å². The Morgan fingerprint density at radius 2 is 2.00 bits per heavy atom. The van der Waals surface area contributed by atoms with Gasteiger partial charge in [0, 0.05) is 18.0 Å². The van der Waals surface area contributed by atoms with Crippen LogP contribution in [-0.2, 0) is 21.2 Å². The Bertz CT molecular complexity index is 938. The van der Waals surface area contributed by atoms with Crippen molar-refractivity contribution in [2.45, 2.75) is 32.2 Å². The van der Waals surface area contributed by atoms with Gasteiger partial charge in [0.2, 0.25) is 15.9 Å². The largest absolute Gasteiger partial charge is 0.497 e. The van der Waals surface area contributed by atoms with Crippen molar-refractivity contribution in [3.63, 3.8) is 0 Å². The van der Waals surface area contributed by atoms with Gasteiger partial charge in [-0.05, 0) is 47.5 Å². The van der Waals surface area contributed by atoms with Crippen LogP contribution in [0.5, 0.6) is 5.75 Å². The fourth-order valence-corrected chi connectivity index (χ4v) is 5.38. The molecule has 0 radical (unpaired) electrons. The number of fused-ring (bicyclic) bond motifs is 1. The maximum absolute atomic E-state index is 13.3. The first-order valence-corrected chi connectivity index (χ1v) is 12.5. The molecule has 1 unspecified atom stereocenters. The number of unbranched alkanes of at least 4 members (excludes halogenated alkanes) is 1. The lowest BCUT2D eigenvalue weighted by atomic mass is 9.93. The highest BCUT2D eigenvalue weighted by Crippen LogP contribution is 2.38. The standard InChI is InChI=1S/C21H28N2O4S2/c1-4-5-12-22(29(3,25)26)15-20(24)23-13-10-19-18(11-14-28-19)21(23)16-6-8-17(27-2)9-7-16/h6-9,11,14,21H,4-5,10,12-13,15H2,1-3H3. The zero-order valence-electron chi connectivity index (χ0n) is 17.1. The van der Waals surface area contributed by atoms with Gasteiger partial charge in [-0.1, -0.05) is 25.5 Å². The number of ether oxygens (including phenoxy) is 1. The summed E-state index contributed by atoms with van der Waals surface area (Å²) < 4.78 is 30.9. The lowest BCUT2D eigenvalue weighted by Gasteiger charge is -2.37. The third-order valence-corrected chi connectivity index (χ3v) is 7.51. The number of amides is 1. The molecule has 1 aliphatic rings. The minimum Gasteiger partial charge on any atom is -0.497 e. The first-order chi connectivity index (χ1) is 13.8. The van der Waals surface area contributed by atoms with Gasteiger partial charge in [0.15, 0.2) is 0 Å². The zero-order valence-corrected chi connectivity index (χ0v) is 18.8. The Kier molecular flexibility index (Phi) is 6.97. The molecule has 1 aromatic carbocycles. The lowest BCUT2D eigenvalue weighted by Crippen LogP contribution is -2.46. The van der Waals surface area contributed by atoms with E-state index in [-0.39, 0.29) is 18.5 Å². The number of hydrogen-bond donors (Lipinski definition) is 0. The van der Waals surface area contributed by atoms with E-state index in [1.54, 1.807) is 18.4 Å². The number of carbonyl (C=O) groups is 1. The van der Waals surface area contributed by atoms with E-state index >= 15 is 0 Å². The van der Waals surface area contributed by atoms with Crippen molar-refractivity contribution in [1.82, 2.24) is 9.21 Å². The van der Waals surface area contributed by atoms with Gasteiger partial charge in [0.25, 0.3) is 0 Å². The fraction of sp³-hybridized carbons (Fsp3) is 0.476. The summed E-state index contributed by atoms with van der Waals surface area (Å²) in [6.07, 6.45) is 3.57. The Morgan fingerprint density at radius 3 is 2.62 bits per heavy atom. The molecule has 0 aliphatic carbocycles. The van der Waals surface area contributed by atoms with Crippen molar-refractivity contribution >= 4 is 27.3 Å². The topological polar surface area (TPSA) is 66.9 Å². The Labute approximate surface area is 177 Å². The summed E-state index contributed by atoms with van der Waals surface area (Å²) in [5.41, 5.74) is 2.12. The van der Waals surface area contributed by atoms with Crippen molar-refractivity contribution in [2.24, 2.45) is 0 Å². The average Bonchev–Trinajstić information content (AvgIpc) is 3.18. The third kappa shape index (κ3) is 4.99. The second kappa shape index (κ2) is 9.28. The predicted molar refractivity (Wildman–Crippen MR) is 116 cm³/mol. The van der Waals surface area contributed by atoms with Crippen molar-refractivity contribution in [3.8, 4) is 5.75 Å². The van der Waals surface area contributed by atoms with Crippen molar-refractivity contribution < 1.29 is 17.9 Å². The van der Waals surface area contributed by atoms with Crippen LogP contribution in [-0.4, -0.2) is 56.5 Å². The summed E-state index contributed by atoms with van der Waals surface area (Å²) in [6.45, 7) is 2.83. The van der Waals surface area contributed by atoms with E-state index in [2.05, 4.69) is 11.4 Å². The molecule has 1 amide bonds. The summed E-state index contributed by atoms with van der Waals surface area (Å²) in [5, 5.41) is 2.05. The van der Waals surface area contributed by atoms with Crippen LogP contribution in [0, 0.1) is 0 Å². The summed E-state index contributed by atoms with van der Waals surface area (Å²) in [5.74, 6) is 0.597. The van der Waals surface area contributed by atoms with E-state index in [4.69, 9.17) is 4.74 Å². The lowest BCUT2D eigenvalue weighted by molar-refractivity contribution is -0.133.